The second-order valence-corrected chi connectivity index (χ2v) is 3.55. The standard InChI is InChI=1S/C11H12O.C2H6/c1-8-2-4-9(5-3-8)11-6-10(11)7-12;1-2/h2-5,7,10-11H,6H2,1H3;1-2H3. The number of benzene rings is 1. The van der Waals surface area contributed by atoms with Crippen molar-refractivity contribution in [3.63, 3.8) is 0 Å². The first-order valence-electron chi connectivity index (χ1n) is 5.33. The normalized spacial score (nSPS) is 23.4. The Morgan fingerprint density at radius 1 is 1.21 bits per heavy atom. The van der Waals surface area contributed by atoms with E-state index in [1.54, 1.807) is 0 Å². The quantitative estimate of drug-likeness (QED) is 0.654. The van der Waals surface area contributed by atoms with E-state index in [9.17, 15) is 4.79 Å². The Labute approximate surface area is 86.1 Å². The highest BCUT2D eigenvalue weighted by Crippen LogP contribution is 2.45. The summed E-state index contributed by atoms with van der Waals surface area (Å²) in [7, 11) is 0. The van der Waals surface area contributed by atoms with E-state index in [2.05, 4.69) is 31.2 Å². The number of rotatable bonds is 2. The Morgan fingerprint density at radius 2 is 1.79 bits per heavy atom. The molecule has 1 fully saturated rings. The molecule has 0 bridgehead atoms. The number of carbonyl (C=O) groups is 1. The van der Waals surface area contributed by atoms with E-state index < -0.39 is 0 Å². The Bertz CT molecular complexity index is 287. The molecule has 0 amide bonds. The fourth-order valence-corrected chi connectivity index (χ4v) is 1.56. The molecule has 2 unspecified atom stereocenters. The van der Waals surface area contributed by atoms with Crippen LogP contribution < -0.4 is 0 Å². The number of hydrogen-bond acceptors (Lipinski definition) is 1. The van der Waals surface area contributed by atoms with Crippen molar-refractivity contribution in [1.82, 2.24) is 0 Å². The number of aryl methyl sites for hydroxylation is 1. The first-order chi connectivity index (χ1) is 6.81. The van der Waals surface area contributed by atoms with Gasteiger partial charge in [-0.15, -0.1) is 0 Å². The summed E-state index contributed by atoms with van der Waals surface area (Å²) in [5.41, 5.74) is 2.60. The molecule has 0 spiro atoms. The minimum absolute atomic E-state index is 0.299. The highest BCUT2D eigenvalue weighted by molar-refractivity contribution is 5.61. The third-order valence-electron chi connectivity index (χ3n) is 2.52. The molecular formula is C13H18O. The molecule has 0 radical (unpaired) electrons. The van der Waals surface area contributed by atoms with Crippen molar-refractivity contribution in [2.75, 3.05) is 0 Å². The summed E-state index contributed by atoms with van der Waals surface area (Å²) < 4.78 is 0. The van der Waals surface area contributed by atoms with Crippen molar-refractivity contribution >= 4 is 6.29 Å². The van der Waals surface area contributed by atoms with Crippen molar-refractivity contribution in [3.05, 3.63) is 35.4 Å². The smallest absolute Gasteiger partial charge is 0.123 e. The third kappa shape index (κ3) is 2.44. The minimum Gasteiger partial charge on any atom is -0.303 e. The monoisotopic (exact) mass is 190 g/mol. The molecule has 0 N–H and O–H groups in total. The zero-order valence-electron chi connectivity index (χ0n) is 9.16. The van der Waals surface area contributed by atoms with E-state index in [1.807, 2.05) is 13.8 Å². The van der Waals surface area contributed by atoms with Crippen LogP contribution in [0, 0.1) is 12.8 Å². The van der Waals surface area contributed by atoms with Gasteiger partial charge in [0, 0.05) is 5.92 Å². The SMILES string of the molecule is CC.Cc1ccc(C2CC2C=O)cc1. The predicted octanol–water partition coefficient (Wildman–Crippen LogP) is 3.32. The largest absolute Gasteiger partial charge is 0.303 e. The lowest BCUT2D eigenvalue weighted by atomic mass is 10.1. The van der Waals surface area contributed by atoms with Crippen LogP contribution in [-0.2, 0) is 4.79 Å². The molecule has 0 aromatic heterocycles. The zero-order chi connectivity index (χ0) is 10.6. The Balaban J connectivity index is 0.000000461. The molecule has 1 aromatic carbocycles. The molecule has 1 aromatic rings. The van der Waals surface area contributed by atoms with E-state index in [4.69, 9.17) is 0 Å². The predicted molar refractivity (Wildman–Crippen MR) is 59.4 cm³/mol. The van der Waals surface area contributed by atoms with Gasteiger partial charge >= 0.3 is 0 Å². The van der Waals surface area contributed by atoms with Crippen molar-refractivity contribution in [3.8, 4) is 0 Å². The second kappa shape index (κ2) is 4.94. The van der Waals surface area contributed by atoms with E-state index >= 15 is 0 Å². The molecule has 2 rings (SSSR count). The lowest BCUT2D eigenvalue weighted by Crippen LogP contribution is -1.84. The van der Waals surface area contributed by atoms with Crippen LogP contribution in [0.3, 0.4) is 0 Å². The maximum atomic E-state index is 10.4. The summed E-state index contributed by atoms with van der Waals surface area (Å²) in [6.07, 6.45) is 2.12. The van der Waals surface area contributed by atoms with Crippen LogP contribution in [-0.4, -0.2) is 6.29 Å². The van der Waals surface area contributed by atoms with Crippen LogP contribution in [0.15, 0.2) is 24.3 Å². The zero-order valence-corrected chi connectivity index (χ0v) is 9.16. The summed E-state index contributed by atoms with van der Waals surface area (Å²) >= 11 is 0. The van der Waals surface area contributed by atoms with Crippen LogP contribution in [0.4, 0.5) is 0 Å². The van der Waals surface area contributed by atoms with E-state index in [0.29, 0.717) is 11.8 Å². The van der Waals surface area contributed by atoms with Crippen molar-refractivity contribution in [2.45, 2.75) is 33.1 Å². The molecular weight excluding hydrogens is 172 g/mol. The van der Waals surface area contributed by atoms with Gasteiger partial charge in [0.1, 0.15) is 6.29 Å². The molecule has 14 heavy (non-hydrogen) atoms. The highest BCUT2D eigenvalue weighted by atomic mass is 16.1. The maximum absolute atomic E-state index is 10.4. The third-order valence-corrected chi connectivity index (χ3v) is 2.52. The number of carbonyl (C=O) groups excluding carboxylic acids is 1. The van der Waals surface area contributed by atoms with Gasteiger partial charge in [-0.05, 0) is 24.8 Å². The molecule has 1 aliphatic rings. The fourth-order valence-electron chi connectivity index (χ4n) is 1.56. The van der Waals surface area contributed by atoms with Gasteiger partial charge in [-0.25, -0.2) is 0 Å². The second-order valence-electron chi connectivity index (χ2n) is 3.55. The van der Waals surface area contributed by atoms with Crippen LogP contribution in [0.1, 0.15) is 37.3 Å². The molecule has 1 aliphatic carbocycles. The van der Waals surface area contributed by atoms with Gasteiger partial charge in [-0.3, -0.25) is 0 Å². The van der Waals surface area contributed by atoms with Gasteiger partial charge in [-0.2, -0.15) is 0 Å². The average Bonchev–Trinajstić information content (AvgIpc) is 3.01. The first-order valence-corrected chi connectivity index (χ1v) is 5.33. The molecule has 0 heterocycles. The Hall–Kier alpha value is -1.11. The molecule has 76 valence electrons. The topological polar surface area (TPSA) is 17.1 Å². The van der Waals surface area contributed by atoms with Gasteiger partial charge in [0.2, 0.25) is 0 Å². The minimum atomic E-state index is 0.299. The Kier molecular flexibility index (Phi) is 3.87. The molecule has 1 nitrogen and oxygen atoms in total. The molecule has 2 atom stereocenters. The molecule has 1 saturated carbocycles. The first kappa shape index (κ1) is 11.0. The lowest BCUT2D eigenvalue weighted by molar-refractivity contribution is -0.108. The van der Waals surface area contributed by atoms with E-state index in [0.717, 1.165) is 12.7 Å². The Morgan fingerprint density at radius 3 is 2.21 bits per heavy atom. The van der Waals surface area contributed by atoms with Crippen molar-refractivity contribution in [2.24, 2.45) is 5.92 Å². The van der Waals surface area contributed by atoms with Crippen molar-refractivity contribution < 1.29 is 4.79 Å². The summed E-state index contributed by atoms with van der Waals surface area (Å²) in [6.45, 7) is 6.08. The van der Waals surface area contributed by atoms with Crippen LogP contribution in [0.25, 0.3) is 0 Å². The molecule has 1 heteroatoms. The summed E-state index contributed by atoms with van der Waals surface area (Å²) in [5.74, 6) is 0.816. The molecule has 0 aliphatic heterocycles. The highest BCUT2D eigenvalue weighted by Gasteiger charge is 2.37. The number of hydrogen-bond donors (Lipinski definition) is 0. The lowest BCUT2D eigenvalue weighted by Gasteiger charge is -1.97. The van der Waals surface area contributed by atoms with Gasteiger partial charge in [0.15, 0.2) is 0 Å². The van der Waals surface area contributed by atoms with Crippen LogP contribution in [0.5, 0.6) is 0 Å². The van der Waals surface area contributed by atoms with Crippen LogP contribution >= 0.6 is 0 Å². The summed E-state index contributed by atoms with van der Waals surface area (Å²) in [4.78, 5) is 10.4. The van der Waals surface area contributed by atoms with Gasteiger partial charge in [0.05, 0.1) is 0 Å². The van der Waals surface area contributed by atoms with Crippen molar-refractivity contribution in [1.29, 1.82) is 0 Å². The average molecular weight is 190 g/mol. The van der Waals surface area contributed by atoms with E-state index in [-0.39, 0.29) is 0 Å². The van der Waals surface area contributed by atoms with Crippen LogP contribution in [0.2, 0.25) is 0 Å². The summed E-state index contributed by atoms with van der Waals surface area (Å²) in [6, 6.07) is 8.47. The summed E-state index contributed by atoms with van der Waals surface area (Å²) in [5, 5.41) is 0. The number of aldehydes is 1. The van der Waals surface area contributed by atoms with Gasteiger partial charge in [-0.1, -0.05) is 43.7 Å². The van der Waals surface area contributed by atoms with Gasteiger partial charge in [0.25, 0.3) is 0 Å². The van der Waals surface area contributed by atoms with E-state index in [1.165, 1.54) is 11.1 Å². The fraction of sp³-hybridized carbons (Fsp3) is 0.462. The maximum Gasteiger partial charge on any atom is 0.123 e. The molecule has 0 saturated heterocycles. The van der Waals surface area contributed by atoms with Gasteiger partial charge < -0.3 is 4.79 Å².